The van der Waals surface area contributed by atoms with E-state index in [1.807, 2.05) is 20.8 Å². The fraction of sp³-hybridized carbons (Fsp3) is 0.333. The van der Waals surface area contributed by atoms with E-state index in [9.17, 15) is 18.0 Å². The molecule has 0 spiro atoms. The first-order valence-electron chi connectivity index (χ1n) is 13.2. The lowest BCUT2D eigenvalue weighted by atomic mass is 10.1. The minimum atomic E-state index is -4.16. The quantitative estimate of drug-likeness (QED) is 0.227. The van der Waals surface area contributed by atoms with Crippen LogP contribution in [0.3, 0.4) is 0 Å². The van der Waals surface area contributed by atoms with Gasteiger partial charge in [0.2, 0.25) is 11.8 Å². The average Bonchev–Trinajstić information content (AvgIpc) is 2.92. The molecule has 220 valence electrons. The largest absolute Gasteiger partial charge is 0.354 e. The SMILES string of the molecule is CC[C@@H](C(=O)NCC(C)C)N(Cc1c(Cl)cccc1Cl)C(=O)CN(c1ccc(Br)cc1)S(=O)(=O)c1ccc(C)cc1. The van der Waals surface area contributed by atoms with Crippen molar-refractivity contribution in [3.05, 3.63) is 92.4 Å². The highest BCUT2D eigenvalue weighted by molar-refractivity contribution is 9.10. The predicted octanol–water partition coefficient (Wildman–Crippen LogP) is 6.84. The third-order valence-corrected chi connectivity index (χ3v) is 9.49. The van der Waals surface area contributed by atoms with Crippen LogP contribution in [-0.4, -0.2) is 44.3 Å². The van der Waals surface area contributed by atoms with Gasteiger partial charge in [-0.2, -0.15) is 0 Å². The Labute approximate surface area is 261 Å². The molecule has 0 fully saturated rings. The van der Waals surface area contributed by atoms with Gasteiger partial charge >= 0.3 is 0 Å². The lowest BCUT2D eigenvalue weighted by Crippen LogP contribution is -2.52. The van der Waals surface area contributed by atoms with Gasteiger partial charge < -0.3 is 10.2 Å². The first-order valence-corrected chi connectivity index (χ1v) is 16.2. The highest BCUT2D eigenvalue weighted by atomic mass is 79.9. The van der Waals surface area contributed by atoms with Crippen molar-refractivity contribution in [3.63, 3.8) is 0 Å². The molecular weight excluding hydrogens is 649 g/mol. The lowest BCUT2D eigenvalue weighted by molar-refractivity contribution is -0.140. The molecule has 11 heteroatoms. The smallest absolute Gasteiger partial charge is 0.264 e. The standard InChI is InChI=1S/C30H34BrCl2N3O4S/c1-5-28(30(38)34-17-20(2)3)35(18-25-26(32)7-6-8-27(25)33)29(37)19-36(23-13-11-22(31)12-14-23)41(39,40)24-15-9-21(4)10-16-24/h6-16,20,28H,5,17-19H2,1-4H3,(H,34,38)/t28-/m0/s1. The van der Waals surface area contributed by atoms with Gasteiger partial charge in [-0.3, -0.25) is 13.9 Å². The van der Waals surface area contributed by atoms with Gasteiger partial charge in [-0.25, -0.2) is 8.42 Å². The van der Waals surface area contributed by atoms with E-state index >= 15 is 0 Å². The van der Waals surface area contributed by atoms with Crippen LogP contribution in [0.4, 0.5) is 5.69 Å². The Bertz CT molecular complexity index is 1450. The van der Waals surface area contributed by atoms with E-state index in [0.29, 0.717) is 34.3 Å². The van der Waals surface area contributed by atoms with Crippen LogP contribution < -0.4 is 9.62 Å². The van der Waals surface area contributed by atoms with Crippen LogP contribution in [0.25, 0.3) is 0 Å². The number of rotatable bonds is 12. The Morgan fingerprint density at radius 2 is 1.54 bits per heavy atom. The molecule has 0 aliphatic rings. The first-order chi connectivity index (χ1) is 19.3. The van der Waals surface area contributed by atoms with E-state index < -0.39 is 28.5 Å². The number of amides is 2. The van der Waals surface area contributed by atoms with Gasteiger partial charge in [-0.05, 0) is 67.8 Å². The Hall–Kier alpha value is -2.59. The van der Waals surface area contributed by atoms with Crippen molar-refractivity contribution in [1.29, 1.82) is 0 Å². The lowest BCUT2D eigenvalue weighted by Gasteiger charge is -2.33. The summed E-state index contributed by atoms with van der Waals surface area (Å²) in [6, 6.07) is 17.2. The Morgan fingerprint density at radius 1 is 0.951 bits per heavy atom. The maximum atomic E-state index is 14.1. The molecule has 1 N–H and O–H groups in total. The molecule has 2 amide bonds. The maximum absolute atomic E-state index is 14.1. The zero-order valence-electron chi connectivity index (χ0n) is 23.4. The molecule has 0 saturated heterocycles. The van der Waals surface area contributed by atoms with Crippen molar-refractivity contribution in [2.24, 2.45) is 5.92 Å². The molecule has 3 rings (SSSR count). The summed E-state index contributed by atoms with van der Waals surface area (Å²) in [5.74, 6) is -0.716. The number of hydrogen-bond donors (Lipinski definition) is 1. The molecule has 0 aromatic heterocycles. The number of carbonyl (C=O) groups is 2. The number of aryl methyl sites for hydroxylation is 1. The van der Waals surface area contributed by atoms with Crippen molar-refractivity contribution in [2.75, 3.05) is 17.4 Å². The van der Waals surface area contributed by atoms with Crippen LogP contribution in [-0.2, 0) is 26.2 Å². The normalized spacial score (nSPS) is 12.2. The number of benzene rings is 3. The summed E-state index contributed by atoms with van der Waals surface area (Å²) < 4.78 is 29.7. The van der Waals surface area contributed by atoms with Crippen LogP contribution >= 0.6 is 39.1 Å². The zero-order valence-corrected chi connectivity index (χ0v) is 27.3. The van der Waals surface area contributed by atoms with E-state index in [-0.39, 0.29) is 23.3 Å². The summed E-state index contributed by atoms with van der Waals surface area (Å²) in [5.41, 5.74) is 1.67. The predicted molar refractivity (Wildman–Crippen MR) is 169 cm³/mol. The second-order valence-corrected chi connectivity index (χ2v) is 13.7. The molecule has 0 radical (unpaired) electrons. The minimum absolute atomic E-state index is 0.0428. The van der Waals surface area contributed by atoms with Gasteiger partial charge in [0.05, 0.1) is 10.6 Å². The topological polar surface area (TPSA) is 86.8 Å². The summed E-state index contributed by atoms with van der Waals surface area (Å²) in [6.45, 7) is 7.40. The molecule has 0 saturated carbocycles. The molecule has 0 heterocycles. The fourth-order valence-corrected chi connectivity index (χ4v) is 6.36. The first kappa shape index (κ1) is 32.9. The van der Waals surface area contributed by atoms with Gasteiger partial charge in [0, 0.05) is 33.2 Å². The number of nitrogens with one attached hydrogen (secondary N) is 1. The molecule has 7 nitrogen and oxygen atoms in total. The van der Waals surface area contributed by atoms with Crippen molar-refractivity contribution in [1.82, 2.24) is 10.2 Å². The van der Waals surface area contributed by atoms with Crippen molar-refractivity contribution in [3.8, 4) is 0 Å². The van der Waals surface area contributed by atoms with Gasteiger partial charge in [0.15, 0.2) is 0 Å². The van der Waals surface area contributed by atoms with Gasteiger partial charge in [0.25, 0.3) is 10.0 Å². The Kier molecular flexibility index (Phi) is 11.7. The summed E-state index contributed by atoms with van der Waals surface area (Å²) in [4.78, 5) is 28.9. The Morgan fingerprint density at radius 3 is 2.07 bits per heavy atom. The number of nitrogens with zero attached hydrogens (tertiary/aromatic N) is 2. The van der Waals surface area contributed by atoms with Crippen LogP contribution in [0.5, 0.6) is 0 Å². The molecule has 0 bridgehead atoms. The van der Waals surface area contributed by atoms with E-state index in [2.05, 4.69) is 21.2 Å². The van der Waals surface area contributed by atoms with Crippen molar-refractivity contribution in [2.45, 2.75) is 51.6 Å². The van der Waals surface area contributed by atoms with E-state index in [1.54, 1.807) is 61.5 Å². The van der Waals surface area contributed by atoms with Crippen LogP contribution in [0, 0.1) is 12.8 Å². The Balaban J connectivity index is 2.08. The highest BCUT2D eigenvalue weighted by Gasteiger charge is 2.34. The molecular formula is C30H34BrCl2N3O4S. The number of carbonyl (C=O) groups excluding carboxylic acids is 2. The number of anilines is 1. The third-order valence-electron chi connectivity index (χ3n) is 6.46. The second kappa shape index (κ2) is 14.5. The zero-order chi connectivity index (χ0) is 30.3. The fourth-order valence-electron chi connectivity index (χ4n) is 4.17. The van der Waals surface area contributed by atoms with Crippen molar-refractivity contribution >= 4 is 66.7 Å². The molecule has 0 unspecified atom stereocenters. The van der Waals surface area contributed by atoms with Crippen LogP contribution in [0.15, 0.2) is 76.1 Å². The van der Waals surface area contributed by atoms with Gasteiger partial charge in [-0.1, -0.05) is 83.7 Å². The minimum Gasteiger partial charge on any atom is -0.354 e. The van der Waals surface area contributed by atoms with Gasteiger partial charge in [0.1, 0.15) is 12.6 Å². The number of halogens is 3. The summed E-state index contributed by atoms with van der Waals surface area (Å²) in [7, 11) is -4.16. The molecule has 3 aromatic carbocycles. The van der Waals surface area contributed by atoms with Crippen LogP contribution in [0.1, 0.15) is 38.3 Å². The van der Waals surface area contributed by atoms with Crippen LogP contribution in [0.2, 0.25) is 10.0 Å². The van der Waals surface area contributed by atoms with E-state index in [1.165, 1.54) is 17.0 Å². The molecule has 3 aromatic rings. The van der Waals surface area contributed by atoms with Crippen molar-refractivity contribution < 1.29 is 18.0 Å². The second-order valence-electron chi connectivity index (χ2n) is 10.1. The molecule has 0 aliphatic heterocycles. The summed E-state index contributed by atoms with van der Waals surface area (Å²) in [5, 5.41) is 3.58. The average molecular weight is 683 g/mol. The molecule has 1 atom stereocenters. The maximum Gasteiger partial charge on any atom is 0.264 e. The van der Waals surface area contributed by atoms with Gasteiger partial charge in [-0.15, -0.1) is 0 Å². The van der Waals surface area contributed by atoms with E-state index in [4.69, 9.17) is 23.2 Å². The molecule has 41 heavy (non-hydrogen) atoms. The monoisotopic (exact) mass is 681 g/mol. The highest BCUT2D eigenvalue weighted by Crippen LogP contribution is 2.29. The van der Waals surface area contributed by atoms with E-state index in [0.717, 1.165) is 14.3 Å². The molecule has 0 aliphatic carbocycles. The number of sulfonamides is 1. The third kappa shape index (κ3) is 8.47. The number of hydrogen-bond acceptors (Lipinski definition) is 4. The summed E-state index contributed by atoms with van der Waals surface area (Å²) >= 11 is 16.3. The summed E-state index contributed by atoms with van der Waals surface area (Å²) in [6.07, 6.45) is 0.292.